The largest absolute Gasteiger partial charge is 0.481 e. The quantitative estimate of drug-likeness (QED) is 0.381. The number of aliphatic carboxylic acids is 1. The van der Waals surface area contributed by atoms with Gasteiger partial charge in [-0.1, -0.05) is 85.8 Å². The van der Waals surface area contributed by atoms with Gasteiger partial charge in [0.1, 0.15) is 12.6 Å². The predicted octanol–water partition coefficient (Wildman–Crippen LogP) is 5.07. The minimum absolute atomic E-state index is 0.107. The Balaban J connectivity index is 1.28. The molecule has 2 N–H and O–H groups in total. The highest BCUT2D eigenvalue weighted by molar-refractivity contribution is 5.87. The minimum atomic E-state index is -0.997. The number of carboxylic acid groups (broad SMARTS) is 1. The van der Waals surface area contributed by atoms with Crippen LogP contribution in [0.3, 0.4) is 0 Å². The monoisotopic (exact) mass is 556 g/mol. The van der Waals surface area contributed by atoms with Crippen LogP contribution in [0.5, 0.6) is 0 Å². The average molecular weight is 557 g/mol. The van der Waals surface area contributed by atoms with Crippen molar-refractivity contribution in [2.45, 2.75) is 44.9 Å². The molecule has 2 amide bonds. The van der Waals surface area contributed by atoms with E-state index in [1.54, 1.807) is 11.8 Å². The van der Waals surface area contributed by atoms with E-state index in [9.17, 15) is 19.5 Å². The second kappa shape index (κ2) is 12.6. The molecule has 214 valence electrons. The Hall–Kier alpha value is -4.17. The normalized spacial score (nSPS) is 19.5. The van der Waals surface area contributed by atoms with E-state index in [0.717, 1.165) is 27.8 Å². The molecule has 3 aromatic rings. The number of carboxylic acids is 1. The van der Waals surface area contributed by atoms with Crippen LogP contribution in [0.2, 0.25) is 0 Å². The van der Waals surface area contributed by atoms with Crippen LogP contribution < -0.4 is 5.32 Å². The van der Waals surface area contributed by atoms with E-state index >= 15 is 0 Å². The third-order valence-corrected chi connectivity index (χ3v) is 8.24. The molecule has 0 spiro atoms. The molecule has 5 rings (SSSR count). The van der Waals surface area contributed by atoms with Crippen molar-refractivity contribution < 1.29 is 29.0 Å². The Kier molecular flexibility index (Phi) is 8.69. The summed E-state index contributed by atoms with van der Waals surface area (Å²) in [6.07, 6.45) is -0.997. The second-order valence-corrected chi connectivity index (χ2v) is 10.9. The van der Waals surface area contributed by atoms with E-state index in [-0.39, 0.29) is 31.0 Å². The fraction of sp³-hybridized carbons (Fsp3) is 0.364. The van der Waals surface area contributed by atoms with Crippen molar-refractivity contribution in [1.82, 2.24) is 10.2 Å². The molecule has 41 heavy (non-hydrogen) atoms. The van der Waals surface area contributed by atoms with E-state index in [0.29, 0.717) is 19.5 Å². The number of hydrogen-bond acceptors (Lipinski definition) is 5. The van der Waals surface area contributed by atoms with Gasteiger partial charge in [-0.2, -0.15) is 0 Å². The predicted molar refractivity (Wildman–Crippen MR) is 154 cm³/mol. The van der Waals surface area contributed by atoms with Gasteiger partial charge in [0.25, 0.3) is 0 Å². The highest BCUT2D eigenvalue weighted by Crippen LogP contribution is 2.44. The molecule has 1 fully saturated rings. The Labute approximate surface area is 240 Å². The molecule has 0 saturated carbocycles. The van der Waals surface area contributed by atoms with Gasteiger partial charge in [0.15, 0.2) is 0 Å². The number of alkyl carbamates (subject to hydrolysis) is 1. The number of likely N-dealkylation sites (tertiary alicyclic amines) is 1. The maximum Gasteiger partial charge on any atom is 0.407 e. The summed E-state index contributed by atoms with van der Waals surface area (Å²) >= 11 is 0. The molecule has 4 atom stereocenters. The van der Waals surface area contributed by atoms with Crippen LogP contribution in [0.15, 0.2) is 78.9 Å². The molecule has 1 aliphatic carbocycles. The van der Waals surface area contributed by atoms with Gasteiger partial charge in [0.2, 0.25) is 5.91 Å². The lowest BCUT2D eigenvalue weighted by Crippen LogP contribution is -2.57. The van der Waals surface area contributed by atoms with E-state index in [1.807, 2.05) is 61.5 Å². The maximum absolute atomic E-state index is 13.7. The molecule has 2 aliphatic rings. The summed E-state index contributed by atoms with van der Waals surface area (Å²) in [6.45, 7) is 4.58. The third kappa shape index (κ3) is 6.28. The Morgan fingerprint density at radius 2 is 1.56 bits per heavy atom. The summed E-state index contributed by atoms with van der Waals surface area (Å²) < 4.78 is 11.8. The molecule has 4 unspecified atom stereocenters. The number of hydrogen-bond donors (Lipinski definition) is 2. The van der Waals surface area contributed by atoms with E-state index in [4.69, 9.17) is 9.47 Å². The van der Waals surface area contributed by atoms with E-state index in [1.165, 1.54) is 0 Å². The fourth-order valence-corrected chi connectivity index (χ4v) is 5.95. The Morgan fingerprint density at radius 1 is 0.951 bits per heavy atom. The van der Waals surface area contributed by atoms with Gasteiger partial charge in [0.05, 0.1) is 18.6 Å². The molecule has 0 bridgehead atoms. The molecule has 3 aromatic carbocycles. The van der Waals surface area contributed by atoms with Crippen molar-refractivity contribution in [2.75, 3.05) is 19.7 Å². The Bertz CT molecular complexity index is 1350. The van der Waals surface area contributed by atoms with Crippen LogP contribution in [0.1, 0.15) is 42.9 Å². The summed E-state index contributed by atoms with van der Waals surface area (Å²) in [4.78, 5) is 40.1. The number of carbonyl (C=O) groups excluding carboxylic acids is 2. The molecular formula is C33H36N2O6. The number of piperidine rings is 1. The highest BCUT2D eigenvalue weighted by Gasteiger charge is 2.38. The highest BCUT2D eigenvalue weighted by atomic mass is 16.5. The van der Waals surface area contributed by atoms with E-state index in [2.05, 4.69) is 29.6 Å². The zero-order valence-corrected chi connectivity index (χ0v) is 23.4. The maximum atomic E-state index is 13.7. The van der Waals surface area contributed by atoms with Crippen molar-refractivity contribution in [3.8, 4) is 11.1 Å². The fourth-order valence-electron chi connectivity index (χ4n) is 5.95. The number of nitrogens with one attached hydrogen (secondary N) is 1. The topological polar surface area (TPSA) is 105 Å². The summed E-state index contributed by atoms with van der Waals surface area (Å²) in [5.41, 5.74) is 5.41. The first-order valence-electron chi connectivity index (χ1n) is 14.1. The number of benzene rings is 3. The van der Waals surface area contributed by atoms with Crippen LogP contribution in [0, 0.1) is 11.8 Å². The van der Waals surface area contributed by atoms with Gasteiger partial charge in [-0.3, -0.25) is 9.59 Å². The number of rotatable bonds is 9. The SMILES string of the molecule is CC1CN(C(=O)C(NC(=O)OCC2c3ccccc3-c3ccccc32)C(C)OCc2ccccc2)CCC1C(=O)O. The number of amides is 2. The van der Waals surface area contributed by atoms with Crippen molar-refractivity contribution in [2.24, 2.45) is 11.8 Å². The standard InChI is InChI=1S/C33H36N2O6/c1-21-18-35(17-16-24(21)32(37)38)31(36)30(22(2)40-19-23-10-4-3-5-11-23)34-33(39)41-20-29-27-14-8-6-12-25(27)26-13-7-9-15-28(26)29/h3-15,21-22,24,29-30H,16-20H2,1-2H3,(H,34,39)(H,37,38). The zero-order chi connectivity index (χ0) is 28.9. The average Bonchev–Trinajstić information content (AvgIpc) is 3.31. The number of carbonyl (C=O) groups is 3. The minimum Gasteiger partial charge on any atom is -0.481 e. The lowest BCUT2D eigenvalue weighted by molar-refractivity contribution is -0.150. The molecule has 0 radical (unpaired) electrons. The van der Waals surface area contributed by atoms with Crippen LogP contribution >= 0.6 is 0 Å². The van der Waals surface area contributed by atoms with Crippen LogP contribution in [0.25, 0.3) is 11.1 Å². The van der Waals surface area contributed by atoms with Crippen molar-refractivity contribution in [3.63, 3.8) is 0 Å². The first kappa shape index (κ1) is 28.4. The van der Waals surface area contributed by atoms with Crippen molar-refractivity contribution in [3.05, 3.63) is 95.6 Å². The number of fused-ring (bicyclic) bond motifs is 3. The third-order valence-electron chi connectivity index (χ3n) is 8.24. The first-order valence-corrected chi connectivity index (χ1v) is 14.1. The summed E-state index contributed by atoms with van der Waals surface area (Å²) in [6, 6.07) is 24.8. The van der Waals surface area contributed by atoms with Crippen LogP contribution in [-0.4, -0.2) is 59.8 Å². The molecule has 0 aromatic heterocycles. The van der Waals surface area contributed by atoms with Gasteiger partial charge in [0, 0.05) is 19.0 Å². The molecular weight excluding hydrogens is 520 g/mol. The van der Waals surface area contributed by atoms with Crippen LogP contribution in [-0.2, 0) is 25.7 Å². The van der Waals surface area contributed by atoms with Crippen molar-refractivity contribution in [1.29, 1.82) is 0 Å². The molecule has 1 saturated heterocycles. The molecule has 8 heteroatoms. The van der Waals surface area contributed by atoms with Gasteiger partial charge in [-0.15, -0.1) is 0 Å². The Morgan fingerprint density at radius 3 is 2.17 bits per heavy atom. The zero-order valence-electron chi connectivity index (χ0n) is 23.4. The molecule has 1 heterocycles. The number of ether oxygens (including phenoxy) is 2. The van der Waals surface area contributed by atoms with Gasteiger partial charge in [-0.05, 0) is 47.1 Å². The second-order valence-electron chi connectivity index (χ2n) is 10.9. The van der Waals surface area contributed by atoms with Crippen molar-refractivity contribution >= 4 is 18.0 Å². The summed E-state index contributed by atoms with van der Waals surface area (Å²) in [7, 11) is 0. The van der Waals surface area contributed by atoms with Crippen LogP contribution in [0.4, 0.5) is 4.79 Å². The summed E-state index contributed by atoms with van der Waals surface area (Å²) in [5, 5.41) is 12.3. The van der Waals surface area contributed by atoms with Gasteiger partial charge >= 0.3 is 12.1 Å². The van der Waals surface area contributed by atoms with Gasteiger partial charge in [-0.25, -0.2) is 4.79 Å². The van der Waals surface area contributed by atoms with Gasteiger partial charge < -0.3 is 24.8 Å². The lowest BCUT2D eigenvalue weighted by Gasteiger charge is -2.37. The lowest BCUT2D eigenvalue weighted by atomic mass is 9.86. The molecule has 8 nitrogen and oxygen atoms in total. The summed E-state index contributed by atoms with van der Waals surface area (Å²) in [5.74, 6) is -1.97. The molecule has 1 aliphatic heterocycles. The number of nitrogens with zero attached hydrogens (tertiary/aromatic N) is 1. The first-order chi connectivity index (χ1) is 19.8. The van der Waals surface area contributed by atoms with E-state index < -0.39 is 30.1 Å². The smallest absolute Gasteiger partial charge is 0.407 e.